The van der Waals surface area contributed by atoms with E-state index in [2.05, 4.69) is 13.8 Å². The van der Waals surface area contributed by atoms with Gasteiger partial charge < -0.3 is 9.47 Å². The zero-order valence-electron chi connectivity index (χ0n) is 13.4. The van der Waals surface area contributed by atoms with Crippen molar-refractivity contribution >= 4 is 17.1 Å². The summed E-state index contributed by atoms with van der Waals surface area (Å²) in [6.45, 7) is 5.58. The molecule has 0 aliphatic heterocycles. The van der Waals surface area contributed by atoms with E-state index in [1.807, 2.05) is 30.6 Å². The maximum absolute atomic E-state index is 11.3. The van der Waals surface area contributed by atoms with E-state index >= 15 is 0 Å². The minimum Gasteiger partial charge on any atom is -0.494 e. The van der Waals surface area contributed by atoms with Crippen molar-refractivity contribution in [1.29, 1.82) is 0 Å². The summed E-state index contributed by atoms with van der Waals surface area (Å²) in [6.07, 6.45) is 6.17. The molecule has 0 saturated carbocycles. The van der Waals surface area contributed by atoms with Gasteiger partial charge in [-0.3, -0.25) is 4.79 Å². The Morgan fingerprint density at radius 1 is 0.955 bits per heavy atom. The highest BCUT2D eigenvalue weighted by atomic mass is 16.5. The van der Waals surface area contributed by atoms with E-state index in [0.717, 1.165) is 42.2 Å². The highest BCUT2D eigenvalue weighted by Gasteiger charge is 2.09. The third-order valence-corrected chi connectivity index (χ3v) is 3.56. The lowest BCUT2D eigenvalue weighted by molar-refractivity contribution is 0.307. The second-order valence-corrected chi connectivity index (χ2v) is 5.33. The van der Waals surface area contributed by atoms with Gasteiger partial charge in [-0.05, 0) is 36.4 Å². The molecule has 0 unspecified atom stereocenters. The minimum atomic E-state index is 0.518. The van der Waals surface area contributed by atoms with Crippen LogP contribution in [0.15, 0.2) is 30.3 Å². The first-order valence-electron chi connectivity index (χ1n) is 8.00. The molecule has 0 aromatic heterocycles. The van der Waals surface area contributed by atoms with Gasteiger partial charge in [-0.1, -0.05) is 38.8 Å². The summed E-state index contributed by atoms with van der Waals surface area (Å²) < 4.78 is 11.6. The molecule has 0 aliphatic carbocycles. The second-order valence-electron chi connectivity index (χ2n) is 5.33. The zero-order chi connectivity index (χ0) is 15.8. The van der Waals surface area contributed by atoms with E-state index in [0.29, 0.717) is 24.5 Å². The Morgan fingerprint density at radius 2 is 1.68 bits per heavy atom. The summed E-state index contributed by atoms with van der Waals surface area (Å²) in [6, 6.07) is 9.45. The summed E-state index contributed by atoms with van der Waals surface area (Å²) in [5.74, 6) is 1.49. The Balaban J connectivity index is 2.35. The van der Waals surface area contributed by atoms with E-state index in [9.17, 15) is 4.79 Å². The van der Waals surface area contributed by atoms with Crippen molar-refractivity contribution in [2.24, 2.45) is 0 Å². The number of hydrogen-bond acceptors (Lipinski definition) is 3. The first-order chi connectivity index (χ1) is 10.8. The highest BCUT2D eigenvalue weighted by Crippen LogP contribution is 2.32. The van der Waals surface area contributed by atoms with E-state index < -0.39 is 0 Å². The minimum absolute atomic E-state index is 0.518. The Labute approximate surface area is 132 Å². The van der Waals surface area contributed by atoms with Crippen LogP contribution < -0.4 is 9.47 Å². The lowest BCUT2D eigenvalue weighted by atomic mass is 10.0. The zero-order valence-corrected chi connectivity index (χ0v) is 13.4. The fourth-order valence-corrected chi connectivity index (χ4v) is 2.29. The topological polar surface area (TPSA) is 35.5 Å². The molecule has 0 spiro atoms. The summed E-state index contributed by atoms with van der Waals surface area (Å²) in [5.41, 5.74) is 0.518. The van der Waals surface area contributed by atoms with E-state index in [4.69, 9.17) is 9.47 Å². The highest BCUT2D eigenvalue weighted by molar-refractivity contribution is 6.01. The van der Waals surface area contributed by atoms with Gasteiger partial charge in [-0.2, -0.15) is 0 Å². The van der Waals surface area contributed by atoms with Gasteiger partial charge >= 0.3 is 0 Å². The van der Waals surface area contributed by atoms with Crippen molar-refractivity contribution in [3.63, 3.8) is 0 Å². The predicted octanol–water partition coefficient (Wildman–Crippen LogP) is 4.66. The molecule has 0 amide bonds. The molecule has 117 valence electrons. The number of unbranched alkanes of at least 4 members (excludes halogenated alkanes) is 2. The molecule has 2 rings (SSSR count). The van der Waals surface area contributed by atoms with Crippen LogP contribution in [0.5, 0.6) is 11.5 Å². The molecule has 22 heavy (non-hydrogen) atoms. The Bertz CT molecular complexity index is 619. The van der Waals surface area contributed by atoms with Gasteiger partial charge in [0.25, 0.3) is 0 Å². The number of rotatable bonds is 9. The number of carbonyl (C=O) groups excluding carboxylic acids is 1. The number of hydrogen-bond donors (Lipinski definition) is 0. The first kappa shape index (κ1) is 16.3. The molecule has 1 radical (unpaired) electrons. The van der Waals surface area contributed by atoms with Gasteiger partial charge in [0.15, 0.2) is 0 Å². The summed E-state index contributed by atoms with van der Waals surface area (Å²) in [7, 11) is 0. The molecule has 0 saturated heterocycles. The summed E-state index contributed by atoms with van der Waals surface area (Å²) in [5, 5.41) is 1.76. The van der Waals surface area contributed by atoms with Gasteiger partial charge in [-0.25, -0.2) is 0 Å². The van der Waals surface area contributed by atoms with Gasteiger partial charge in [0.2, 0.25) is 6.29 Å². The van der Waals surface area contributed by atoms with E-state index in [1.165, 1.54) is 0 Å². The molecule has 0 N–H and O–H groups in total. The van der Waals surface area contributed by atoms with Crippen LogP contribution in [0.4, 0.5) is 0 Å². The molecule has 3 nitrogen and oxygen atoms in total. The lowest BCUT2D eigenvalue weighted by Crippen LogP contribution is -2.00. The molecule has 0 heterocycles. The molecule has 0 aliphatic rings. The van der Waals surface area contributed by atoms with Crippen LogP contribution in [-0.4, -0.2) is 19.5 Å². The average molecular weight is 299 g/mol. The van der Waals surface area contributed by atoms with Gasteiger partial charge in [0, 0.05) is 10.9 Å². The van der Waals surface area contributed by atoms with Crippen molar-refractivity contribution in [3.05, 3.63) is 35.9 Å². The molecule has 0 bridgehead atoms. The normalized spacial score (nSPS) is 10.6. The second kappa shape index (κ2) is 8.42. The fraction of sp³-hybridized carbons (Fsp3) is 0.421. The molecule has 0 fully saturated rings. The standard InChI is InChI=1S/C19H23O3/c1-3-5-10-21-16-12-15(14-20)17-8-7-9-19(18(17)13-16)22-11-6-4-2/h7-9,12-13H,3-6,10-11H2,1-2H3. The third-order valence-electron chi connectivity index (χ3n) is 3.56. The van der Waals surface area contributed by atoms with Crippen molar-refractivity contribution in [2.45, 2.75) is 39.5 Å². The van der Waals surface area contributed by atoms with Crippen molar-refractivity contribution in [2.75, 3.05) is 13.2 Å². The largest absolute Gasteiger partial charge is 0.494 e. The molecular formula is C19H23O3. The van der Waals surface area contributed by atoms with Crippen LogP contribution >= 0.6 is 0 Å². The van der Waals surface area contributed by atoms with E-state index in [-0.39, 0.29) is 0 Å². The Kier molecular flexibility index (Phi) is 6.26. The van der Waals surface area contributed by atoms with Gasteiger partial charge in [-0.15, -0.1) is 0 Å². The average Bonchev–Trinajstić information content (AvgIpc) is 2.55. The Morgan fingerprint density at radius 3 is 2.36 bits per heavy atom. The monoisotopic (exact) mass is 299 g/mol. The first-order valence-corrected chi connectivity index (χ1v) is 8.00. The number of fused-ring (bicyclic) bond motifs is 1. The predicted molar refractivity (Wildman–Crippen MR) is 89.5 cm³/mol. The maximum atomic E-state index is 11.3. The quantitative estimate of drug-likeness (QED) is 0.632. The van der Waals surface area contributed by atoms with Crippen LogP contribution in [-0.2, 0) is 4.79 Å². The van der Waals surface area contributed by atoms with Crippen molar-refractivity contribution in [3.8, 4) is 11.5 Å². The lowest BCUT2D eigenvalue weighted by Gasteiger charge is -2.12. The Hall–Kier alpha value is -2.03. The van der Waals surface area contributed by atoms with Crippen LogP contribution in [0.2, 0.25) is 0 Å². The molecule has 3 heteroatoms. The molecule has 2 aromatic rings. The van der Waals surface area contributed by atoms with Crippen molar-refractivity contribution in [1.82, 2.24) is 0 Å². The fourth-order valence-electron chi connectivity index (χ4n) is 2.29. The summed E-state index contributed by atoms with van der Waals surface area (Å²) in [4.78, 5) is 11.3. The van der Waals surface area contributed by atoms with E-state index in [1.54, 1.807) is 6.07 Å². The smallest absolute Gasteiger partial charge is 0.234 e. The summed E-state index contributed by atoms with van der Waals surface area (Å²) >= 11 is 0. The van der Waals surface area contributed by atoms with Crippen molar-refractivity contribution < 1.29 is 14.3 Å². The number of benzene rings is 2. The molecule has 2 aromatic carbocycles. The van der Waals surface area contributed by atoms with Crippen LogP contribution in [0.3, 0.4) is 0 Å². The van der Waals surface area contributed by atoms with Gasteiger partial charge in [0.05, 0.1) is 13.2 Å². The maximum Gasteiger partial charge on any atom is 0.234 e. The van der Waals surface area contributed by atoms with Crippen LogP contribution in [0.25, 0.3) is 10.8 Å². The SMILES string of the molecule is CCCCOc1cc([C]=O)c2cccc(OCCCC)c2c1. The van der Waals surface area contributed by atoms with Crippen LogP contribution in [0, 0.1) is 0 Å². The molecular weight excluding hydrogens is 276 g/mol. The van der Waals surface area contributed by atoms with Gasteiger partial charge in [0.1, 0.15) is 11.5 Å². The number of ether oxygens (including phenoxy) is 2. The van der Waals surface area contributed by atoms with Crippen LogP contribution in [0.1, 0.15) is 45.1 Å². The third kappa shape index (κ3) is 4.00. The molecule has 0 atom stereocenters.